The summed E-state index contributed by atoms with van der Waals surface area (Å²) in [5, 5.41) is 0. The van der Waals surface area contributed by atoms with Crippen molar-refractivity contribution in [3.05, 3.63) is 83.2 Å². The van der Waals surface area contributed by atoms with Crippen molar-refractivity contribution in [1.82, 2.24) is 0 Å². The van der Waals surface area contributed by atoms with Gasteiger partial charge >= 0.3 is 6.18 Å². The summed E-state index contributed by atoms with van der Waals surface area (Å²) in [6.07, 6.45) is -1.16. The second kappa shape index (κ2) is 7.54. The highest BCUT2D eigenvalue weighted by atomic mass is 19.4. The van der Waals surface area contributed by atoms with Crippen molar-refractivity contribution >= 4 is 11.5 Å². The van der Waals surface area contributed by atoms with Gasteiger partial charge in [0, 0.05) is 35.1 Å². The van der Waals surface area contributed by atoms with Gasteiger partial charge in [0.2, 0.25) is 0 Å². The van der Waals surface area contributed by atoms with Crippen LogP contribution in [0.1, 0.15) is 30.9 Å². The number of Topliss-reactive ketones (excluding diaryl/α,β-unsaturated/α-hetero) is 1. The molecule has 2 aromatic carbocycles. The molecule has 1 heterocycles. The lowest BCUT2D eigenvalue weighted by molar-refractivity contribution is -0.138. The Morgan fingerprint density at radius 1 is 1.11 bits per heavy atom. The molecule has 1 aliphatic rings. The molecule has 2 aromatic rings. The predicted molar refractivity (Wildman–Crippen MR) is 102 cm³/mol. The van der Waals surface area contributed by atoms with Crippen molar-refractivity contribution in [2.75, 3.05) is 12.0 Å². The minimum atomic E-state index is -4.50. The molecule has 1 unspecified atom stereocenters. The van der Waals surface area contributed by atoms with E-state index in [1.54, 1.807) is 49.4 Å². The molecule has 3 nitrogen and oxygen atoms in total. The Morgan fingerprint density at radius 3 is 2.46 bits per heavy atom. The predicted octanol–water partition coefficient (Wildman–Crippen LogP) is 5.69. The van der Waals surface area contributed by atoms with Gasteiger partial charge in [-0.3, -0.25) is 4.79 Å². The Labute approximate surface area is 161 Å². The van der Waals surface area contributed by atoms with Gasteiger partial charge in [-0.25, -0.2) is 0 Å². The van der Waals surface area contributed by atoms with Crippen LogP contribution in [-0.4, -0.2) is 12.9 Å². The third kappa shape index (κ3) is 3.67. The fourth-order valence-corrected chi connectivity index (χ4v) is 3.53. The molecule has 1 atom stereocenters. The van der Waals surface area contributed by atoms with Gasteiger partial charge < -0.3 is 9.64 Å². The molecule has 6 heteroatoms. The van der Waals surface area contributed by atoms with E-state index in [9.17, 15) is 18.0 Å². The van der Waals surface area contributed by atoms with Gasteiger partial charge in [0.25, 0.3) is 0 Å². The lowest BCUT2D eigenvalue weighted by Crippen LogP contribution is -2.26. The highest BCUT2D eigenvalue weighted by Crippen LogP contribution is 2.42. The molecule has 0 fully saturated rings. The number of alkyl halides is 3. The van der Waals surface area contributed by atoms with Gasteiger partial charge in [-0.05, 0) is 37.6 Å². The highest BCUT2D eigenvalue weighted by molar-refractivity contribution is 5.97. The maximum Gasteiger partial charge on any atom is 0.416 e. The van der Waals surface area contributed by atoms with Crippen LogP contribution in [0, 0.1) is 0 Å². The fourth-order valence-electron chi connectivity index (χ4n) is 3.53. The van der Waals surface area contributed by atoms with E-state index in [-0.39, 0.29) is 11.3 Å². The Morgan fingerprint density at radius 2 is 1.82 bits per heavy atom. The number of methoxy groups -OCH3 is 1. The minimum Gasteiger partial charge on any atom is -0.497 e. The number of halogens is 3. The number of carbonyl (C=O) groups excluding carboxylic acids is 1. The van der Waals surface area contributed by atoms with Crippen molar-refractivity contribution in [3.63, 3.8) is 0 Å². The minimum absolute atomic E-state index is 0.0705. The SMILES string of the molecule is COc1cccc(N2C=CC(c3ccccc3C(F)(F)F)C(C(C)=O)=C2C)c1. The van der Waals surface area contributed by atoms with Crippen molar-refractivity contribution < 1.29 is 22.7 Å². The van der Waals surface area contributed by atoms with Gasteiger partial charge in [-0.1, -0.05) is 30.3 Å². The molecule has 0 amide bonds. The molecule has 0 spiro atoms. The highest BCUT2D eigenvalue weighted by Gasteiger charge is 2.37. The smallest absolute Gasteiger partial charge is 0.416 e. The van der Waals surface area contributed by atoms with Gasteiger partial charge in [-0.15, -0.1) is 0 Å². The average Bonchev–Trinajstić information content (AvgIpc) is 2.66. The topological polar surface area (TPSA) is 29.5 Å². The number of ether oxygens (including phenoxy) is 1. The molecule has 0 saturated heterocycles. The number of hydrogen-bond donors (Lipinski definition) is 0. The Hall–Kier alpha value is -3.02. The molecular weight excluding hydrogens is 367 g/mol. The Bertz CT molecular complexity index is 960. The second-order valence-corrected chi connectivity index (χ2v) is 6.53. The van der Waals surface area contributed by atoms with E-state index in [1.807, 2.05) is 12.1 Å². The summed E-state index contributed by atoms with van der Waals surface area (Å²) in [7, 11) is 1.55. The maximum atomic E-state index is 13.5. The van der Waals surface area contributed by atoms with E-state index < -0.39 is 17.7 Å². The Kier molecular flexibility index (Phi) is 5.31. The molecular formula is C22H20F3NO2. The first-order valence-electron chi connectivity index (χ1n) is 8.73. The summed E-state index contributed by atoms with van der Waals surface area (Å²) < 4.78 is 45.8. The van der Waals surface area contributed by atoms with Crippen LogP contribution in [0.4, 0.5) is 18.9 Å². The van der Waals surface area contributed by atoms with Crippen LogP contribution < -0.4 is 9.64 Å². The number of nitrogens with zero attached hydrogens (tertiary/aromatic N) is 1. The zero-order chi connectivity index (χ0) is 20.5. The van der Waals surface area contributed by atoms with E-state index in [2.05, 4.69) is 0 Å². The third-order valence-electron chi connectivity index (χ3n) is 4.80. The van der Waals surface area contributed by atoms with Crippen LogP contribution in [0.25, 0.3) is 0 Å². The van der Waals surface area contributed by atoms with Crippen LogP contribution in [0.15, 0.2) is 72.1 Å². The zero-order valence-electron chi connectivity index (χ0n) is 15.7. The second-order valence-electron chi connectivity index (χ2n) is 6.53. The molecule has 0 bridgehead atoms. The van der Waals surface area contributed by atoms with E-state index >= 15 is 0 Å². The number of carbonyl (C=O) groups is 1. The van der Waals surface area contributed by atoms with E-state index in [0.717, 1.165) is 11.8 Å². The molecule has 1 aliphatic heterocycles. The van der Waals surface area contributed by atoms with Crippen LogP contribution in [0.3, 0.4) is 0 Å². The summed E-state index contributed by atoms with van der Waals surface area (Å²) in [5.74, 6) is -0.387. The standard InChI is InChI=1S/C22H20F3NO2/c1-14-21(15(2)27)19(18-9-4-5-10-20(18)22(23,24)25)11-12-26(14)16-7-6-8-17(13-16)28-3/h4-13,19H,1-3H3. The number of benzene rings is 2. The van der Waals surface area contributed by atoms with Gasteiger partial charge in [0.05, 0.1) is 12.7 Å². The molecule has 28 heavy (non-hydrogen) atoms. The molecule has 146 valence electrons. The number of allylic oxidation sites excluding steroid dienone is 3. The number of hydrogen-bond acceptors (Lipinski definition) is 3. The lowest BCUT2D eigenvalue weighted by atomic mass is 9.83. The molecule has 0 aliphatic carbocycles. The first-order chi connectivity index (χ1) is 13.2. The number of anilines is 1. The van der Waals surface area contributed by atoms with Crippen LogP contribution in [0.5, 0.6) is 5.75 Å². The number of rotatable bonds is 4. The Balaban J connectivity index is 2.12. The monoisotopic (exact) mass is 387 g/mol. The maximum absolute atomic E-state index is 13.5. The summed E-state index contributed by atoms with van der Waals surface area (Å²) in [6, 6.07) is 12.6. The molecule has 0 aromatic heterocycles. The lowest BCUT2D eigenvalue weighted by Gasteiger charge is -2.32. The largest absolute Gasteiger partial charge is 0.497 e. The van der Waals surface area contributed by atoms with E-state index in [1.165, 1.54) is 19.1 Å². The number of ketones is 1. The van der Waals surface area contributed by atoms with Gasteiger partial charge in [0.15, 0.2) is 5.78 Å². The van der Waals surface area contributed by atoms with Crippen molar-refractivity contribution in [3.8, 4) is 5.75 Å². The normalized spacial score (nSPS) is 17.1. The zero-order valence-corrected chi connectivity index (χ0v) is 15.7. The summed E-state index contributed by atoms with van der Waals surface area (Å²) in [4.78, 5) is 14.2. The molecule has 0 radical (unpaired) electrons. The van der Waals surface area contributed by atoms with Crippen molar-refractivity contribution in [1.29, 1.82) is 0 Å². The molecule has 0 N–H and O–H groups in total. The summed E-state index contributed by atoms with van der Waals surface area (Å²) in [5.41, 5.74) is 1.02. The first kappa shape index (κ1) is 19.7. The van der Waals surface area contributed by atoms with E-state index in [4.69, 9.17) is 4.74 Å². The van der Waals surface area contributed by atoms with Crippen LogP contribution in [-0.2, 0) is 11.0 Å². The van der Waals surface area contributed by atoms with Crippen LogP contribution in [0.2, 0.25) is 0 Å². The van der Waals surface area contributed by atoms with E-state index in [0.29, 0.717) is 17.0 Å². The van der Waals surface area contributed by atoms with Crippen molar-refractivity contribution in [2.45, 2.75) is 25.9 Å². The van der Waals surface area contributed by atoms with Crippen molar-refractivity contribution in [2.24, 2.45) is 0 Å². The molecule has 0 saturated carbocycles. The van der Waals surface area contributed by atoms with Gasteiger partial charge in [-0.2, -0.15) is 13.2 Å². The quantitative estimate of drug-likeness (QED) is 0.675. The fraction of sp³-hybridized carbons (Fsp3) is 0.227. The molecule has 3 rings (SSSR count). The third-order valence-corrected chi connectivity index (χ3v) is 4.80. The average molecular weight is 387 g/mol. The van der Waals surface area contributed by atoms with Crippen LogP contribution >= 0.6 is 0 Å². The first-order valence-corrected chi connectivity index (χ1v) is 8.73. The summed E-state index contributed by atoms with van der Waals surface area (Å²) >= 11 is 0. The summed E-state index contributed by atoms with van der Waals surface area (Å²) in [6.45, 7) is 3.12. The van der Waals surface area contributed by atoms with Gasteiger partial charge in [0.1, 0.15) is 5.75 Å².